The summed E-state index contributed by atoms with van der Waals surface area (Å²) in [6, 6.07) is 0.529. The van der Waals surface area contributed by atoms with Crippen LogP contribution in [0.2, 0.25) is 0 Å². The first-order valence-electron chi connectivity index (χ1n) is 6.72. The molecular formula is C13H23N5. The number of rotatable bonds is 6. The lowest BCUT2D eigenvalue weighted by Crippen LogP contribution is -2.32. The molecule has 1 saturated carbocycles. The van der Waals surface area contributed by atoms with Crippen LogP contribution in [0.1, 0.15) is 38.7 Å². The molecule has 2 rings (SSSR count). The van der Waals surface area contributed by atoms with Gasteiger partial charge in [-0.2, -0.15) is 0 Å². The molecule has 0 amide bonds. The standard InChI is InChI=1S/C13H23N5/c1-4-5-11-12(17-14)15-8-16-13(11)18(3)9(2)10-6-7-10/h8-10H,4-7,14H2,1-3H3,(H,15,16,17). The largest absolute Gasteiger partial charge is 0.356 e. The smallest absolute Gasteiger partial charge is 0.148 e. The molecule has 0 bridgehead atoms. The summed E-state index contributed by atoms with van der Waals surface area (Å²) >= 11 is 0. The van der Waals surface area contributed by atoms with Gasteiger partial charge in [0.25, 0.3) is 0 Å². The van der Waals surface area contributed by atoms with Crippen LogP contribution in [0.25, 0.3) is 0 Å². The summed E-state index contributed by atoms with van der Waals surface area (Å²) in [6.45, 7) is 4.42. The van der Waals surface area contributed by atoms with Gasteiger partial charge in [0.15, 0.2) is 0 Å². The van der Waals surface area contributed by atoms with E-state index < -0.39 is 0 Å². The van der Waals surface area contributed by atoms with Gasteiger partial charge in [0.1, 0.15) is 18.0 Å². The second-order valence-corrected chi connectivity index (χ2v) is 5.11. The number of hydrogen-bond acceptors (Lipinski definition) is 5. The maximum atomic E-state index is 5.54. The highest BCUT2D eigenvalue weighted by atomic mass is 15.3. The molecule has 1 heterocycles. The highest BCUT2D eigenvalue weighted by Crippen LogP contribution is 2.37. The fourth-order valence-corrected chi connectivity index (χ4v) is 2.40. The molecule has 0 spiro atoms. The van der Waals surface area contributed by atoms with Crippen molar-refractivity contribution in [3.05, 3.63) is 11.9 Å². The second kappa shape index (κ2) is 5.52. The Balaban J connectivity index is 2.29. The molecule has 0 radical (unpaired) electrons. The molecule has 1 aliphatic carbocycles. The van der Waals surface area contributed by atoms with Gasteiger partial charge in [0, 0.05) is 18.7 Å². The van der Waals surface area contributed by atoms with Crippen molar-refractivity contribution in [3.8, 4) is 0 Å². The molecule has 1 aliphatic rings. The number of hydrazine groups is 1. The molecule has 1 aromatic heterocycles. The number of nitrogens with zero attached hydrogens (tertiary/aromatic N) is 3. The van der Waals surface area contributed by atoms with Gasteiger partial charge in [-0.25, -0.2) is 15.8 Å². The number of nitrogens with two attached hydrogens (primary N) is 1. The van der Waals surface area contributed by atoms with Crippen molar-refractivity contribution in [1.82, 2.24) is 9.97 Å². The molecule has 0 aromatic carbocycles. The monoisotopic (exact) mass is 249 g/mol. The molecule has 1 atom stereocenters. The van der Waals surface area contributed by atoms with Crippen molar-refractivity contribution < 1.29 is 0 Å². The maximum Gasteiger partial charge on any atom is 0.148 e. The van der Waals surface area contributed by atoms with Gasteiger partial charge in [-0.05, 0) is 32.1 Å². The van der Waals surface area contributed by atoms with Crippen LogP contribution in [0, 0.1) is 5.92 Å². The Kier molecular flexibility index (Phi) is 4.01. The minimum absolute atomic E-state index is 0.529. The van der Waals surface area contributed by atoms with E-state index in [9.17, 15) is 0 Å². The zero-order valence-corrected chi connectivity index (χ0v) is 11.5. The van der Waals surface area contributed by atoms with Crippen molar-refractivity contribution in [1.29, 1.82) is 0 Å². The van der Waals surface area contributed by atoms with Crippen molar-refractivity contribution >= 4 is 11.6 Å². The second-order valence-electron chi connectivity index (χ2n) is 5.11. The number of nitrogens with one attached hydrogen (secondary N) is 1. The Morgan fingerprint density at radius 2 is 2.22 bits per heavy atom. The highest BCUT2D eigenvalue weighted by Gasteiger charge is 2.32. The van der Waals surface area contributed by atoms with E-state index in [2.05, 4.69) is 41.2 Å². The number of nitrogen functional groups attached to an aromatic ring is 1. The van der Waals surface area contributed by atoms with E-state index in [0.29, 0.717) is 6.04 Å². The molecule has 0 saturated heterocycles. The zero-order chi connectivity index (χ0) is 13.1. The highest BCUT2D eigenvalue weighted by molar-refractivity contribution is 5.58. The van der Waals surface area contributed by atoms with E-state index in [4.69, 9.17) is 5.84 Å². The molecule has 1 fully saturated rings. The van der Waals surface area contributed by atoms with Gasteiger partial charge >= 0.3 is 0 Å². The van der Waals surface area contributed by atoms with E-state index in [1.807, 2.05) is 0 Å². The Morgan fingerprint density at radius 3 is 2.78 bits per heavy atom. The van der Waals surface area contributed by atoms with Crippen LogP contribution >= 0.6 is 0 Å². The Morgan fingerprint density at radius 1 is 1.50 bits per heavy atom. The molecular weight excluding hydrogens is 226 g/mol. The van der Waals surface area contributed by atoms with Gasteiger partial charge in [-0.3, -0.25) is 0 Å². The SMILES string of the molecule is CCCc1c(NN)ncnc1N(C)C(C)C1CC1. The Labute approximate surface area is 109 Å². The van der Waals surface area contributed by atoms with E-state index in [1.54, 1.807) is 6.33 Å². The van der Waals surface area contributed by atoms with Gasteiger partial charge in [-0.1, -0.05) is 13.3 Å². The van der Waals surface area contributed by atoms with Crippen molar-refractivity contribution in [2.75, 3.05) is 17.4 Å². The number of aromatic nitrogens is 2. The lowest BCUT2D eigenvalue weighted by atomic mass is 10.1. The summed E-state index contributed by atoms with van der Waals surface area (Å²) in [5.41, 5.74) is 3.80. The molecule has 1 unspecified atom stereocenters. The van der Waals surface area contributed by atoms with Gasteiger partial charge in [-0.15, -0.1) is 0 Å². The molecule has 3 N–H and O–H groups in total. The first-order valence-corrected chi connectivity index (χ1v) is 6.72. The van der Waals surface area contributed by atoms with Crippen molar-refractivity contribution in [3.63, 3.8) is 0 Å². The Bertz CT molecular complexity index is 402. The van der Waals surface area contributed by atoms with Crippen molar-refractivity contribution in [2.45, 2.75) is 45.6 Å². The quantitative estimate of drug-likeness (QED) is 0.596. The lowest BCUT2D eigenvalue weighted by Gasteiger charge is -2.28. The van der Waals surface area contributed by atoms with Crippen LogP contribution in [-0.4, -0.2) is 23.1 Å². The lowest BCUT2D eigenvalue weighted by molar-refractivity contribution is 0.600. The van der Waals surface area contributed by atoms with Crippen LogP contribution in [0.15, 0.2) is 6.33 Å². The normalized spacial score (nSPS) is 16.4. The summed E-state index contributed by atoms with van der Waals surface area (Å²) in [6.07, 6.45) is 6.25. The summed E-state index contributed by atoms with van der Waals surface area (Å²) in [5.74, 6) is 8.11. The molecule has 18 heavy (non-hydrogen) atoms. The Hall–Kier alpha value is -1.36. The molecule has 100 valence electrons. The fourth-order valence-electron chi connectivity index (χ4n) is 2.40. The van der Waals surface area contributed by atoms with Crippen LogP contribution in [0.3, 0.4) is 0 Å². The fraction of sp³-hybridized carbons (Fsp3) is 0.692. The average molecular weight is 249 g/mol. The maximum absolute atomic E-state index is 5.54. The molecule has 5 heteroatoms. The topological polar surface area (TPSA) is 67.1 Å². The summed E-state index contributed by atoms with van der Waals surface area (Å²) < 4.78 is 0. The summed E-state index contributed by atoms with van der Waals surface area (Å²) in [7, 11) is 2.12. The van der Waals surface area contributed by atoms with E-state index in [-0.39, 0.29) is 0 Å². The third-order valence-corrected chi connectivity index (χ3v) is 3.81. The van der Waals surface area contributed by atoms with E-state index >= 15 is 0 Å². The van der Waals surface area contributed by atoms with Crippen LogP contribution in [-0.2, 0) is 6.42 Å². The summed E-state index contributed by atoms with van der Waals surface area (Å²) in [4.78, 5) is 10.9. The minimum atomic E-state index is 0.529. The van der Waals surface area contributed by atoms with Crippen LogP contribution in [0.4, 0.5) is 11.6 Å². The van der Waals surface area contributed by atoms with Gasteiger partial charge < -0.3 is 10.3 Å². The first-order chi connectivity index (χ1) is 8.69. The predicted molar refractivity (Wildman–Crippen MR) is 74.4 cm³/mol. The number of anilines is 2. The predicted octanol–water partition coefficient (Wildman–Crippen LogP) is 1.95. The van der Waals surface area contributed by atoms with E-state index in [1.165, 1.54) is 12.8 Å². The van der Waals surface area contributed by atoms with Gasteiger partial charge in [0.2, 0.25) is 0 Å². The van der Waals surface area contributed by atoms with Crippen LogP contribution in [0.5, 0.6) is 0 Å². The third kappa shape index (κ3) is 2.56. The van der Waals surface area contributed by atoms with Gasteiger partial charge in [0.05, 0.1) is 0 Å². The summed E-state index contributed by atoms with van der Waals surface area (Å²) in [5, 5.41) is 0. The molecule has 0 aliphatic heterocycles. The minimum Gasteiger partial charge on any atom is -0.356 e. The third-order valence-electron chi connectivity index (χ3n) is 3.81. The van der Waals surface area contributed by atoms with E-state index in [0.717, 1.165) is 36.0 Å². The molecule has 5 nitrogen and oxygen atoms in total. The number of hydrogen-bond donors (Lipinski definition) is 2. The average Bonchev–Trinajstić information content (AvgIpc) is 3.22. The van der Waals surface area contributed by atoms with Crippen LogP contribution < -0.4 is 16.2 Å². The first kappa shape index (κ1) is 13.1. The van der Waals surface area contributed by atoms with Crippen molar-refractivity contribution in [2.24, 2.45) is 11.8 Å². The molecule has 1 aromatic rings. The zero-order valence-electron chi connectivity index (χ0n) is 11.5.